The summed E-state index contributed by atoms with van der Waals surface area (Å²) in [7, 11) is 1.36. The molecule has 0 aliphatic rings. The van der Waals surface area contributed by atoms with Gasteiger partial charge in [0, 0.05) is 6.54 Å². The van der Waals surface area contributed by atoms with Gasteiger partial charge < -0.3 is 14.9 Å². The second-order valence-electron chi connectivity index (χ2n) is 3.55. The van der Waals surface area contributed by atoms with E-state index in [0.29, 0.717) is 25.2 Å². The maximum atomic E-state index is 11.7. The number of hydrogen-bond acceptors (Lipinski definition) is 5. The van der Waals surface area contributed by atoms with E-state index >= 15 is 0 Å². The Kier molecular flexibility index (Phi) is 7.49. The first-order valence-electron chi connectivity index (χ1n) is 5.82. The second kappa shape index (κ2) is 8.03. The number of carbonyl (C=O) groups excluding carboxylic acids is 1. The minimum Gasteiger partial charge on any atom is -0.467 e. The van der Waals surface area contributed by atoms with Crippen LogP contribution in [0.15, 0.2) is 4.99 Å². The number of aliphatic imine (C=N–C) groups is 1. The average Bonchev–Trinajstić information content (AvgIpc) is 2.38. The van der Waals surface area contributed by atoms with Gasteiger partial charge in [0.2, 0.25) is 0 Å². The van der Waals surface area contributed by atoms with Crippen LogP contribution in [0, 0.1) is 0 Å². The molecule has 17 heavy (non-hydrogen) atoms. The number of ether oxygens (including phenoxy) is 2. The highest BCUT2D eigenvalue weighted by atomic mass is 16.6. The van der Waals surface area contributed by atoms with Crippen LogP contribution in [-0.4, -0.2) is 37.7 Å². The highest BCUT2D eigenvalue weighted by Crippen LogP contribution is 2.22. The SMILES string of the molecule is CCN=C(COC(CC)(CC)C(=O)OC)NN. The minimum atomic E-state index is -0.917. The van der Waals surface area contributed by atoms with E-state index in [1.807, 2.05) is 20.8 Å². The zero-order valence-corrected chi connectivity index (χ0v) is 11.1. The molecule has 0 aliphatic carbocycles. The summed E-state index contributed by atoms with van der Waals surface area (Å²) < 4.78 is 10.4. The summed E-state index contributed by atoms with van der Waals surface area (Å²) in [6, 6.07) is 0. The fourth-order valence-corrected chi connectivity index (χ4v) is 1.52. The normalized spacial score (nSPS) is 12.4. The van der Waals surface area contributed by atoms with E-state index in [-0.39, 0.29) is 12.6 Å². The molecule has 0 spiro atoms. The van der Waals surface area contributed by atoms with Gasteiger partial charge in [0.05, 0.1) is 7.11 Å². The number of nitrogens with one attached hydrogen (secondary N) is 1. The molecule has 0 aliphatic heterocycles. The number of methoxy groups -OCH3 is 1. The summed E-state index contributed by atoms with van der Waals surface area (Å²) in [6.07, 6.45) is 1.08. The maximum absolute atomic E-state index is 11.7. The van der Waals surface area contributed by atoms with Gasteiger partial charge in [-0.2, -0.15) is 0 Å². The van der Waals surface area contributed by atoms with Crippen molar-refractivity contribution in [2.45, 2.75) is 39.2 Å². The molecular weight excluding hydrogens is 222 g/mol. The molecule has 0 saturated heterocycles. The van der Waals surface area contributed by atoms with Crippen LogP contribution in [0.4, 0.5) is 0 Å². The lowest BCUT2D eigenvalue weighted by molar-refractivity contribution is -0.168. The number of hydrogen-bond donors (Lipinski definition) is 2. The van der Waals surface area contributed by atoms with Crippen molar-refractivity contribution in [2.24, 2.45) is 10.8 Å². The Morgan fingerprint density at radius 1 is 1.35 bits per heavy atom. The van der Waals surface area contributed by atoms with Crippen molar-refractivity contribution in [3.05, 3.63) is 0 Å². The van der Waals surface area contributed by atoms with Crippen molar-refractivity contribution in [3.63, 3.8) is 0 Å². The summed E-state index contributed by atoms with van der Waals surface area (Å²) in [5.74, 6) is 5.45. The number of nitrogens with two attached hydrogens (primary N) is 1. The van der Waals surface area contributed by atoms with Crippen LogP contribution in [0.25, 0.3) is 0 Å². The lowest BCUT2D eigenvalue weighted by Gasteiger charge is -2.28. The van der Waals surface area contributed by atoms with E-state index in [9.17, 15) is 4.79 Å². The Bertz CT molecular complexity index is 263. The number of rotatable bonds is 7. The Morgan fingerprint density at radius 3 is 2.29 bits per heavy atom. The molecular formula is C11H23N3O3. The van der Waals surface area contributed by atoms with Crippen molar-refractivity contribution in [1.82, 2.24) is 5.43 Å². The number of carbonyl (C=O) groups is 1. The Hall–Kier alpha value is -1.14. The fourth-order valence-electron chi connectivity index (χ4n) is 1.52. The topological polar surface area (TPSA) is 85.9 Å². The van der Waals surface area contributed by atoms with Gasteiger partial charge in [-0.15, -0.1) is 0 Å². The van der Waals surface area contributed by atoms with Gasteiger partial charge in [-0.1, -0.05) is 13.8 Å². The predicted molar refractivity (Wildman–Crippen MR) is 66.6 cm³/mol. The Balaban J connectivity index is 4.66. The van der Waals surface area contributed by atoms with Crippen LogP contribution in [0.1, 0.15) is 33.6 Å². The van der Waals surface area contributed by atoms with E-state index in [4.69, 9.17) is 15.3 Å². The van der Waals surface area contributed by atoms with Crippen LogP contribution in [0.3, 0.4) is 0 Å². The van der Waals surface area contributed by atoms with Crippen molar-refractivity contribution in [3.8, 4) is 0 Å². The molecule has 0 radical (unpaired) electrons. The van der Waals surface area contributed by atoms with Gasteiger partial charge in [-0.25, -0.2) is 10.6 Å². The first-order chi connectivity index (χ1) is 8.10. The van der Waals surface area contributed by atoms with Crippen LogP contribution in [0.2, 0.25) is 0 Å². The lowest BCUT2D eigenvalue weighted by atomic mass is 9.97. The molecule has 0 aromatic carbocycles. The zero-order valence-electron chi connectivity index (χ0n) is 11.1. The maximum Gasteiger partial charge on any atom is 0.338 e. The molecule has 0 unspecified atom stereocenters. The molecule has 0 rings (SSSR count). The molecule has 0 atom stereocenters. The number of nitrogens with zero attached hydrogens (tertiary/aromatic N) is 1. The van der Waals surface area contributed by atoms with Crippen LogP contribution >= 0.6 is 0 Å². The Morgan fingerprint density at radius 2 is 1.94 bits per heavy atom. The zero-order chi connectivity index (χ0) is 13.3. The van der Waals surface area contributed by atoms with Gasteiger partial charge in [0.25, 0.3) is 0 Å². The van der Waals surface area contributed by atoms with E-state index in [2.05, 4.69) is 10.4 Å². The van der Waals surface area contributed by atoms with Gasteiger partial charge >= 0.3 is 5.97 Å². The van der Waals surface area contributed by atoms with E-state index in [1.54, 1.807) is 0 Å². The number of hydrazine groups is 1. The van der Waals surface area contributed by atoms with E-state index in [0.717, 1.165) is 0 Å². The molecule has 0 fully saturated rings. The van der Waals surface area contributed by atoms with Crippen molar-refractivity contribution < 1.29 is 14.3 Å². The quantitative estimate of drug-likeness (QED) is 0.226. The smallest absolute Gasteiger partial charge is 0.338 e. The summed E-state index contributed by atoms with van der Waals surface area (Å²) in [5, 5.41) is 0. The summed E-state index contributed by atoms with van der Waals surface area (Å²) in [5.41, 5.74) is 1.54. The average molecular weight is 245 g/mol. The highest BCUT2D eigenvalue weighted by Gasteiger charge is 2.37. The molecule has 100 valence electrons. The molecule has 0 aromatic rings. The van der Waals surface area contributed by atoms with Crippen molar-refractivity contribution >= 4 is 11.8 Å². The molecule has 3 N–H and O–H groups in total. The molecule has 6 nitrogen and oxygen atoms in total. The largest absolute Gasteiger partial charge is 0.467 e. The van der Waals surface area contributed by atoms with Gasteiger partial charge in [-0.3, -0.25) is 4.99 Å². The highest BCUT2D eigenvalue weighted by molar-refractivity contribution is 5.84. The summed E-state index contributed by atoms with van der Waals surface area (Å²) in [4.78, 5) is 15.8. The van der Waals surface area contributed by atoms with Crippen LogP contribution < -0.4 is 11.3 Å². The minimum absolute atomic E-state index is 0.168. The molecule has 0 aromatic heterocycles. The predicted octanol–water partition coefficient (Wildman–Crippen LogP) is 0.617. The Labute approximate surface area is 103 Å². The number of esters is 1. The third-order valence-electron chi connectivity index (χ3n) is 2.70. The molecule has 0 bridgehead atoms. The molecule has 6 heteroatoms. The summed E-state index contributed by atoms with van der Waals surface area (Å²) in [6.45, 7) is 6.43. The fraction of sp³-hybridized carbons (Fsp3) is 0.818. The first-order valence-corrected chi connectivity index (χ1v) is 5.82. The molecule has 0 saturated carbocycles. The van der Waals surface area contributed by atoms with Crippen molar-refractivity contribution in [1.29, 1.82) is 0 Å². The third kappa shape index (κ3) is 4.32. The van der Waals surface area contributed by atoms with E-state index < -0.39 is 5.60 Å². The second-order valence-corrected chi connectivity index (χ2v) is 3.55. The third-order valence-corrected chi connectivity index (χ3v) is 2.70. The standard InChI is InChI=1S/C11H23N3O3/c1-5-11(6-2,10(15)16-4)17-8-9(14-12)13-7-3/h5-8,12H2,1-4H3,(H,13,14). The van der Waals surface area contributed by atoms with Crippen LogP contribution in [0.5, 0.6) is 0 Å². The molecule has 0 heterocycles. The molecule has 0 amide bonds. The number of amidine groups is 1. The van der Waals surface area contributed by atoms with Crippen molar-refractivity contribution in [2.75, 3.05) is 20.3 Å². The lowest BCUT2D eigenvalue weighted by Crippen LogP contribution is -2.45. The summed E-state index contributed by atoms with van der Waals surface area (Å²) >= 11 is 0. The van der Waals surface area contributed by atoms with Gasteiger partial charge in [0.1, 0.15) is 12.4 Å². The van der Waals surface area contributed by atoms with Gasteiger partial charge in [0.15, 0.2) is 5.60 Å². The monoisotopic (exact) mass is 245 g/mol. The first kappa shape index (κ1) is 15.9. The van der Waals surface area contributed by atoms with E-state index in [1.165, 1.54) is 7.11 Å². The van der Waals surface area contributed by atoms with Crippen LogP contribution in [-0.2, 0) is 14.3 Å². The van der Waals surface area contributed by atoms with Gasteiger partial charge in [-0.05, 0) is 19.8 Å².